The Balaban J connectivity index is 1.60. The molecular weight excluding hydrogens is 829 g/mol. The van der Waals surface area contributed by atoms with Gasteiger partial charge in [0, 0.05) is 17.5 Å². The fourth-order valence-electron chi connectivity index (χ4n) is 4.83. The summed E-state index contributed by atoms with van der Waals surface area (Å²) in [6, 6.07) is 11.5. The number of nitro benzene ring substituents is 1. The molecule has 292 valence electrons. The van der Waals surface area contributed by atoms with Gasteiger partial charge in [-0.1, -0.05) is 0 Å². The molecule has 5 aromatic rings. The van der Waals surface area contributed by atoms with Gasteiger partial charge in [-0.15, -0.1) is 15.3 Å². The van der Waals surface area contributed by atoms with E-state index in [0.717, 1.165) is 30.3 Å². The molecular formula is C29H22N8O15S4. The van der Waals surface area contributed by atoms with E-state index < -0.39 is 104 Å². The molecule has 0 spiro atoms. The lowest BCUT2D eigenvalue weighted by atomic mass is 10.0. The number of nitrogen functional groups attached to an aromatic ring is 1. The molecule has 0 heterocycles. The van der Waals surface area contributed by atoms with Gasteiger partial charge in [-0.3, -0.25) is 28.3 Å². The van der Waals surface area contributed by atoms with Gasteiger partial charge < -0.3 is 10.8 Å². The van der Waals surface area contributed by atoms with Crippen molar-refractivity contribution in [3.8, 4) is 5.75 Å². The van der Waals surface area contributed by atoms with Gasteiger partial charge in [0.2, 0.25) is 0 Å². The van der Waals surface area contributed by atoms with Crippen molar-refractivity contribution in [2.75, 3.05) is 5.73 Å². The monoisotopic (exact) mass is 850 g/mol. The molecule has 0 aliphatic heterocycles. The number of rotatable bonds is 11. The van der Waals surface area contributed by atoms with Crippen LogP contribution in [0.3, 0.4) is 0 Å². The maximum absolute atomic E-state index is 12.5. The molecule has 27 heteroatoms. The maximum atomic E-state index is 12.5. The van der Waals surface area contributed by atoms with E-state index in [1.807, 2.05) is 0 Å². The van der Waals surface area contributed by atoms with Crippen molar-refractivity contribution in [2.24, 2.45) is 30.7 Å². The van der Waals surface area contributed by atoms with Crippen LogP contribution < -0.4 is 5.73 Å². The normalized spacial score (nSPS) is 13.0. The summed E-state index contributed by atoms with van der Waals surface area (Å²) in [5.74, 6) is -1.15. The molecule has 0 saturated heterocycles. The molecule has 0 unspecified atom stereocenters. The molecule has 0 bridgehead atoms. The summed E-state index contributed by atoms with van der Waals surface area (Å²) in [5.41, 5.74) is 3.57. The zero-order valence-electron chi connectivity index (χ0n) is 27.6. The van der Waals surface area contributed by atoms with Crippen molar-refractivity contribution in [3.05, 3.63) is 88.5 Å². The summed E-state index contributed by atoms with van der Waals surface area (Å²) < 4.78 is 135. The predicted molar refractivity (Wildman–Crippen MR) is 193 cm³/mol. The number of nitro groups is 1. The topological polar surface area (TPSA) is 381 Å². The Hall–Kier alpha value is -6.20. The summed E-state index contributed by atoms with van der Waals surface area (Å²) in [6.45, 7) is 1.48. The fraction of sp³-hybridized carbons (Fsp3) is 0.0345. The van der Waals surface area contributed by atoms with Crippen molar-refractivity contribution in [1.82, 2.24) is 0 Å². The van der Waals surface area contributed by atoms with E-state index in [0.29, 0.717) is 24.3 Å². The summed E-state index contributed by atoms with van der Waals surface area (Å²) in [5, 5.41) is 43.7. The smallest absolute Gasteiger partial charge is 0.296 e. The van der Waals surface area contributed by atoms with E-state index in [2.05, 4.69) is 30.7 Å². The molecule has 0 radical (unpaired) electrons. The number of nitrogens with two attached hydrogens (primary N) is 1. The minimum Gasteiger partial charge on any atom is -0.505 e. The van der Waals surface area contributed by atoms with Crippen molar-refractivity contribution < 1.29 is 61.9 Å². The number of non-ortho nitro benzene ring substituents is 1. The van der Waals surface area contributed by atoms with Crippen molar-refractivity contribution in [1.29, 1.82) is 0 Å². The van der Waals surface area contributed by atoms with Crippen LogP contribution in [0.15, 0.2) is 123 Å². The highest BCUT2D eigenvalue weighted by atomic mass is 32.2. The summed E-state index contributed by atoms with van der Waals surface area (Å²) in [7, 11) is -20.3. The number of hydrogen-bond donors (Lipinski definition) is 6. The van der Waals surface area contributed by atoms with E-state index in [-0.39, 0.29) is 28.3 Å². The molecule has 0 fully saturated rings. The van der Waals surface area contributed by atoms with E-state index in [1.165, 1.54) is 25.1 Å². The third kappa shape index (κ3) is 8.84. The van der Waals surface area contributed by atoms with Crippen LogP contribution >= 0.6 is 0 Å². The van der Waals surface area contributed by atoms with Gasteiger partial charge in [-0.2, -0.15) is 49.0 Å². The van der Waals surface area contributed by atoms with Gasteiger partial charge in [0.25, 0.3) is 46.2 Å². The van der Waals surface area contributed by atoms with Crippen LogP contribution in [0.25, 0.3) is 10.8 Å². The van der Waals surface area contributed by atoms with Gasteiger partial charge in [-0.05, 0) is 73.2 Å². The van der Waals surface area contributed by atoms with Crippen LogP contribution in [0.4, 0.5) is 45.5 Å². The number of aryl methyl sites for hydroxylation is 1. The Morgan fingerprint density at radius 2 is 1.14 bits per heavy atom. The molecule has 5 rings (SSSR count). The maximum Gasteiger partial charge on any atom is 0.296 e. The largest absolute Gasteiger partial charge is 0.505 e. The molecule has 0 aromatic heterocycles. The minimum absolute atomic E-state index is 0.0221. The zero-order valence-corrected chi connectivity index (χ0v) is 30.9. The molecule has 0 atom stereocenters. The van der Waals surface area contributed by atoms with Gasteiger partial charge in [0.05, 0.1) is 38.0 Å². The number of phenolic OH excluding ortho intramolecular Hbond substituents is 1. The molecule has 5 aromatic carbocycles. The first-order valence-electron chi connectivity index (χ1n) is 14.6. The SMILES string of the molecule is Cc1cc(N=Nc2cc(S(=O)(=O)O)ccc2S(=O)(=O)O)ccc1N=Nc1cc(S(=O)(=O)O)c2cc(S(=O)(=O)O)c(N=Nc3ccc([N+](=O)[O-])cc3)c(O)c2c1N. The Morgan fingerprint density at radius 3 is 1.70 bits per heavy atom. The van der Waals surface area contributed by atoms with Crippen molar-refractivity contribution in [2.45, 2.75) is 26.5 Å². The average Bonchev–Trinajstić information content (AvgIpc) is 3.08. The number of anilines is 1. The number of nitrogens with zero attached hydrogens (tertiary/aromatic N) is 7. The third-order valence-corrected chi connectivity index (χ3v) is 10.9. The lowest BCUT2D eigenvalue weighted by Crippen LogP contribution is -2.04. The van der Waals surface area contributed by atoms with Crippen LogP contribution in [-0.4, -0.2) is 61.9 Å². The van der Waals surface area contributed by atoms with Gasteiger partial charge in [0.1, 0.15) is 31.7 Å². The molecule has 0 amide bonds. The summed E-state index contributed by atoms with van der Waals surface area (Å²) >= 11 is 0. The standard InChI is InChI=1S/C29H22N8O15S4/c1-14-10-16(32-34-21-11-18(53(41,42)43)7-9-23(21)54(44,45)46)4-8-20(14)33-35-22-13-24(55(47,48)49)19-12-25(56(50,51)52)28(29(38)26(19)27(22)30)36-31-15-2-5-17(6-3-15)37(39)40/h2-13,38H,30H2,1H3,(H,41,42,43)(H,44,45,46)(H,47,48,49)(H,50,51,52). The number of azo groups is 3. The van der Waals surface area contributed by atoms with E-state index in [9.17, 15) is 67.1 Å². The van der Waals surface area contributed by atoms with Gasteiger partial charge in [-0.25, -0.2) is 0 Å². The van der Waals surface area contributed by atoms with Crippen molar-refractivity contribution >= 4 is 96.7 Å². The van der Waals surface area contributed by atoms with E-state index in [1.54, 1.807) is 0 Å². The Labute approximate surface area is 314 Å². The quantitative estimate of drug-likeness (QED) is 0.0269. The second-order valence-electron chi connectivity index (χ2n) is 11.2. The zero-order chi connectivity index (χ0) is 41.5. The van der Waals surface area contributed by atoms with Crippen LogP contribution in [0.5, 0.6) is 5.75 Å². The molecule has 56 heavy (non-hydrogen) atoms. The molecule has 0 aliphatic carbocycles. The highest BCUT2D eigenvalue weighted by Crippen LogP contribution is 2.48. The predicted octanol–water partition coefficient (Wildman–Crippen LogP) is 6.58. The van der Waals surface area contributed by atoms with Crippen LogP contribution in [0.2, 0.25) is 0 Å². The molecule has 0 aliphatic rings. The number of fused-ring (bicyclic) bond motifs is 1. The fourth-order valence-corrected chi connectivity index (χ4v) is 7.29. The van der Waals surface area contributed by atoms with Gasteiger partial charge in [0.15, 0.2) is 5.75 Å². The molecule has 7 N–H and O–H groups in total. The molecule has 23 nitrogen and oxygen atoms in total. The lowest BCUT2D eigenvalue weighted by molar-refractivity contribution is -0.384. The van der Waals surface area contributed by atoms with E-state index in [4.69, 9.17) is 5.73 Å². The van der Waals surface area contributed by atoms with E-state index >= 15 is 0 Å². The highest BCUT2D eigenvalue weighted by Gasteiger charge is 2.28. The van der Waals surface area contributed by atoms with Crippen LogP contribution in [-0.2, 0) is 40.5 Å². The number of benzene rings is 5. The minimum atomic E-state index is -5.30. The van der Waals surface area contributed by atoms with Gasteiger partial charge >= 0.3 is 0 Å². The third-order valence-electron chi connectivity index (χ3n) is 7.42. The Bertz CT molecular complexity index is 3030. The van der Waals surface area contributed by atoms with Crippen LogP contribution in [0, 0.1) is 17.0 Å². The Morgan fingerprint density at radius 1 is 0.589 bits per heavy atom. The molecule has 0 saturated carbocycles. The first kappa shape index (κ1) is 41.0. The van der Waals surface area contributed by atoms with Crippen molar-refractivity contribution in [3.63, 3.8) is 0 Å². The second kappa shape index (κ2) is 14.8. The first-order valence-corrected chi connectivity index (χ1v) is 20.4. The number of phenols is 1. The highest BCUT2D eigenvalue weighted by molar-refractivity contribution is 7.87. The average molecular weight is 851 g/mol. The number of aromatic hydroxyl groups is 1. The second-order valence-corrected chi connectivity index (χ2v) is 16.8. The first-order chi connectivity index (χ1) is 25.9. The summed E-state index contributed by atoms with van der Waals surface area (Å²) in [4.78, 5) is 6.48. The Kier molecular flexibility index (Phi) is 10.8. The lowest BCUT2D eigenvalue weighted by Gasteiger charge is -2.14. The summed E-state index contributed by atoms with van der Waals surface area (Å²) in [6.07, 6.45) is 0. The van der Waals surface area contributed by atoms with Crippen LogP contribution in [0.1, 0.15) is 5.56 Å². The number of hydrogen-bond acceptors (Lipinski definition) is 18.